The number of halogens is 2. The van der Waals surface area contributed by atoms with Crippen LogP contribution in [0.3, 0.4) is 0 Å². The van der Waals surface area contributed by atoms with Crippen molar-refractivity contribution < 1.29 is 18.3 Å². The molecule has 0 bridgehead atoms. The molecule has 3 nitrogen and oxygen atoms in total. The molecule has 1 aliphatic carbocycles. The van der Waals surface area contributed by atoms with Crippen molar-refractivity contribution in [1.29, 1.82) is 5.26 Å². The summed E-state index contributed by atoms with van der Waals surface area (Å²) in [5, 5.41) is 9.22. The van der Waals surface area contributed by atoms with Gasteiger partial charge in [-0.1, -0.05) is 38.3 Å². The molecule has 33 heavy (non-hydrogen) atoms. The number of benzene rings is 3. The Bertz CT molecular complexity index is 1190. The van der Waals surface area contributed by atoms with Gasteiger partial charge in [0.1, 0.15) is 23.2 Å². The second-order valence-corrected chi connectivity index (χ2v) is 8.91. The smallest absolute Gasteiger partial charge is 0.343 e. The van der Waals surface area contributed by atoms with Gasteiger partial charge in [0.25, 0.3) is 0 Å². The molecule has 3 aromatic carbocycles. The minimum atomic E-state index is -0.944. The number of carbonyl (C=O) groups is 1. The first-order valence-electron chi connectivity index (χ1n) is 11.6. The summed E-state index contributed by atoms with van der Waals surface area (Å²) in [6, 6.07) is 14.4. The SMILES string of the molecule is CCCCC1CCC(c2ccc(C(=O)Oc3ccc4c(F)c(C#N)c(F)cc4c3)cc2)CC1. The summed E-state index contributed by atoms with van der Waals surface area (Å²) in [4.78, 5) is 12.6. The van der Waals surface area contributed by atoms with Crippen molar-refractivity contribution >= 4 is 16.7 Å². The van der Waals surface area contributed by atoms with Crippen molar-refractivity contribution in [2.45, 2.75) is 57.8 Å². The number of ether oxygens (including phenoxy) is 1. The summed E-state index contributed by atoms with van der Waals surface area (Å²) in [7, 11) is 0. The van der Waals surface area contributed by atoms with E-state index in [1.807, 2.05) is 12.1 Å². The quantitative estimate of drug-likeness (QED) is 0.288. The van der Waals surface area contributed by atoms with Crippen LogP contribution in [0.15, 0.2) is 48.5 Å². The van der Waals surface area contributed by atoms with Gasteiger partial charge in [-0.3, -0.25) is 0 Å². The lowest BCUT2D eigenvalue weighted by Gasteiger charge is -2.28. The number of hydrogen-bond donors (Lipinski definition) is 0. The second-order valence-electron chi connectivity index (χ2n) is 8.91. The van der Waals surface area contributed by atoms with E-state index < -0.39 is 23.2 Å². The van der Waals surface area contributed by atoms with E-state index in [0.717, 1.165) is 12.0 Å². The molecule has 5 heteroatoms. The highest BCUT2D eigenvalue weighted by Gasteiger charge is 2.22. The van der Waals surface area contributed by atoms with Crippen LogP contribution < -0.4 is 4.74 Å². The Morgan fingerprint density at radius 2 is 1.79 bits per heavy atom. The third-order valence-electron chi connectivity index (χ3n) is 6.75. The van der Waals surface area contributed by atoms with Gasteiger partial charge in [0.05, 0.1) is 5.56 Å². The maximum absolute atomic E-state index is 14.3. The minimum absolute atomic E-state index is 0.0986. The fourth-order valence-corrected chi connectivity index (χ4v) is 4.81. The van der Waals surface area contributed by atoms with Gasteiger partial charge < -0.3 is 4.74 Å². The van der Waals surface area contributed by atoms with E-state index in [1.54, 1.807) is 12.1 Å². The fraction of sp³-hybridized carbons (Fsp3) is 0.357. The average Bonchev–Trinajstić information content (AvgIpc) is 2.83. The van der Waals surface area contributed by atoms with E-state index in [1.165, 1.54) is 74.8 Å². The number of carbonyl (C=O) groups excluding carboxylic acids is 1. The van der Waals surface area contributed by atoms with E-state index in [9.17, 15) is 13.6 Å². The molecule has 170 valence electrons. The predicted molar refractivity (Wildman–Crippen MR) is 124 cm³/mol. The van der Waals surface area contributed by atoms with Crippen molar-refractivity contribution in [3.8, 4) is 11.8 Å². The number of nitriles is 1. The molecule has 1 fully saturated rings. The lowest BCUT2D eigenvalue weighted by atomic mass is 9.77. The van der Waals surface area contributed by atoms with Crippen molar-refractivity contribution in [3.63, 3.8) is 0 Å². The van der Waals surface area contributed by atoms with Crippen LogP contribution in [0.25, 0.3) is 10.8 Å². The molecule has 0 atom stereocenters. The first-order chi connectivity index (χ1) is 16.0. The molecule has 1 saturated carbocycles. The van der Waals surface area contributed by atoms with Gasteiger partial charge in [-0.15, -0.1) is 0 Å². The Labute approximate surface area is 193 Å². The Kier molecular flexibility index (Phi) is 7.03. The van der Waals surface area contributed by atoms with Gasteiger partial charge in [-0.2, -0.15) is 5.26 Å². The maximum Gasteiger partial charge on any atom is 0.343 e. The lowest BCUT2D eigenvalue weighted by Crippen LogP contribution is -2.14. The van der Waals surface area contributed by atoms with Crippen LogP contribution in [-0.2, 0) is 0 Å². The monoisotopic (exact) mass is 447 g/mol. The summed E-state index contributed by atoms with van der Waals surface area (Å²) >= 11 is 0. The summed E-state index contributed by atoms with van der Waals surface area (Å²) in [5.74, 6) is -0.812. The molecule has 0 amide bonds. The van der Waals surface area contributed by atoms with Crippen molar-refractivity contribution in [1.82, 2.24) is 0 Å². The molecule has 4 rings (SSSR count). The molecule has 0 N–H and O–H groups in total. The molecule has 0 radical (unpaired) electrons. The number of unbranched alkanes of at least 4 members (excludes halogenated alkanes) is 1. The van der Waals surface area contributed by atoms with E-state index in [-0.39, 0.29) is 16.5 Å². The minimum Gasteiger partial charge on any atom is -0.423 e. The zero-order valence-electron chi connectivity index (χ0n) is 18.7. The normalized spacial score (nSPS) is 18.1. The van der Waals surface area contributed by atoms with Crippen LogP contribution in [0.2, 0.25) is 0 Å². The highest BCUT2D eigenvalue weighted by atomic mass is 19.1. The fourth-order valence-electron chi connectivity index (χ4n) is 4.81. The van der Waals surface area contributed by atoms with Gasteiger partial charge in [0, 0.05) is 5.39 Å². The van der Waals surface area contributed by atoms with Crippen LogP contribution in [0, 0.1) is 28.9 Å². The van der Waals surface area contributed by atoms with Gasteiger partial charge in [0.2, 0.25) is 0 Å². The third kappa shape index (κ3) is 5.06. The van der Waals surface area contributed by atoms with E-state index in [4.69, 9.17) is 10.00 Å². The number of nitrogens with zero attached hydrogens (tertiary/aromatic N) is 1. The second kappa shape index (κ2) is 10.1. The molecule has 3 aromatic rings. The first-order valence-corrected chi connectivity index (χ1v) is 11.6. The standard InChI is InChI=1S/C28H27F2NO2/c1-2-3-4-18-5-7-19(8-6-18)20-9-11-21(12-10-20)28(32)33-23-13-14-24-22(15-23)16-26(29)25(17-31)27(24)30/h9-16,18-19H,2-8H2,1H3. The van der Waals surface area contributed by atoms with Crippen LogP contribution >= 0.6 is 0 Å². The summed E-state index contributed by atoms with van der Waals surface area (Å²) in [6.45, 7) is 2.24. The van der Waals surface area contributed by atoms with Crippen molar-refractivity contribution in [2.75, 3.05) is 0 Å². The first kappa shape index (κ1) is 22.9. The topological polar surface area (TPSA) is 50.1 Å². The number of esters is 1. The highest BCUT2D eigenvalue weighted by molar-refractivity contribution is 5.92. The highest BCUT2D eigenvalue weighted by Crippen LogP contribution is 2.37. The molecule has 0 saturated heterocycles. The van der Waals surface area contributed by atoms with Crippen LogP contribution in [0.5, 0.6) is 5.75 Å². The summed E-state index contributed by atoms with van der Waals surface area (Å²) in [5.41, 5.74) is 1.06. The van der Waals surface area contributed by atoms with Gasteiger partial charge in [-0.25, -0.2) is 13.6 Å². The zero-order valence-corrected chi connectivity index (χ0v) is 18.7. The summed E-state index contributed by atoms with van der Waals surface area (Å²) < 4.78 is 33.7. The third-order valence-corrected chi connectivity index (χ3v) is 6.75. The lowest BCUT2D eigenvalue weighted by molar-refractivity contribution is 0.0735. The molecule has 0 heterocycles. The van der Waals surface area contributed by atoms with Gasteiger partial charge in [0.15, 0.2) is 5.82 Å². The summed E-state index contributed by atoms with van der Waals surface area (Å²) in [6.07, 6.45) is 8.83. The molecule has 1 aliphatic rings. The number of rotatable bonds is 6. The molecule has 0 spiro atoms. The van der Waals surface area contributed by atoms with E-state index in [2.05, 4.69) is 6.92 Å². The zero-order chi connectivity index (χ0) is 23.4. The molecule has 0 aliphatic heterocycles. The van der Waals surface area contributed by atoms with Gasteiger partial charge >= 0.3 is 5.97 Å². The molecule has 0 aromatic heterocycles. The molecule has 0 unspecified atom stereocenters. The van der Waals surface area contributed by atoms with Gasteiger partial charge in [-0.05, 0) is 84.9 Å². The molecular formula is C28H27F2NO2. The Hall–Kier alpha value is -3.26. The largest absolute Gasteiger partial charge is 0.423 e. The Morgan fingerprint density at radius 3 is 2.45 bits per heavy atom. The Balaban J connectivity index is 1.42. The molecular weight excluding hydrogens is 420 g/mol. The van der Waals surface area contributed by atoms with Crippen LogP contribution in [0.4, 0.5) is 8.78 Å². The maximum atomic E-state index is 14.3. The van der Waals surface area contributed by atoms with Crippen LogP contribution in [0.1, 0.15) is 79.3 Å². The number of fused-ring (bicyclic) bond motifs is 1. The van der Waals surface area contributed by atoms with E-state index >= 15 is 0 Å². The van der Waals surface area contributed by atoms with Crippen molar-refractivity contribution in [3.05, 3.63) is 76.9 Å². The van der Waals surface area contributed by atoms with Crippen molar-refractivity contribution in [2.24, 2.45) is 5.92 Å². The van der Waals surface area contributed by atoms with E-state index in [0.29, 0.717) is 11.5 Å². The predicted octanol–water partition coefficient (Wildman–Crippen LogP) is 7.67. The van der Waals surface area contributed by atoms with Crippen LogP contribution in [-0.4, -0.2) is 5.97 Å². The Morgan fingerprint density at radius 1 is 1.06 bits per heavy atom. The number of hydrogen-bond acceptors (Lipinski definition) is 3. The average molecular weight is 448 g/mol.